The van der Waals surface area contributed by atoms with Crippen molar-refractivity contribution in [1.82, 2.24) is 19.2 Å². The molecule has 0 spiro atoms. The maximum Gasteiger partial charge on any atom is 0.265 e. The first-order valence-electron chi connectivity index (χ1n) is 10.2. The Hall–Kier alpha value is -2.43. The zero-order chi connectivity index (χ0) is 22.2. The number of aromatic nitrogens is 2. The highest BCUT2D eigenvalue weighted by atomic mass is 32.2. The molecule has 1 aliphatic heterocycles. The van der Waals surface area contributed by atoms with Gasteiger partial charge < -0.3 is 13.9 Å². The van der Waals surface area contributed by atoms with E-state index in [1.165, 1.54) is 11.3 Å². The van der Waals surface area contributed by atoms with Gasteiger partial charge in [-0.25, -0.2) is 18.1 Å². The first-order chi connectivity index (χ1) is 14.7. The van der Waals surface area contributed by atoms with E-state index in [0.717, 1.165) is 31.7 Å². The fourth-order valence-corrected chi connectivity index (χ4v) is 6.17. The van der Waals surface area contributed by atoms with Crippen LogP contribution in [0.4, 0.5) is 0 Å². The van der Waals surface area contributed by atoms with Gasteiger partial charge in [0.05, 0.1) is 17.7 Å². The molecule has 10 heteroatoms. The second-order valence-corrected chi connectivity index (χ2v) is 10.6. The number of furan rings is 1. The molecule has 3 aromatic heterocycles. The molecule has 1 atom stereocenters. The highest BCUT2D eigenvalue weighted by Gasteiger charge is 2.26. The van der Waals surface area contributed by atoms with Gasteiger partial charge >= 0.3 is 0 Å². The third-order valence-electron chi connectivity index (χ3n) is 5.34. The van der Waals surface area contributed by atoms with E-state index in [4.69, 9.17) is 4.42 Å². The van der Waals surface area contributed by atoms with Crippen molar-refractivity contribution < 1.29 is 17.6 Å². The van der Waals surface area contributed by atoms with E-state index in [0.29, 0.717) is 27.7 Å². The number of nitrogens with one attached hydrogen (secondary N) is 1. The molecule has 1 aliphatic rings. The average molecular weight is 463 g/mol. The molecular formula is C21H26N4O4S2. The number of aryl methyl sites for hydroxylation is 2. The van der Waals surface area contributed by atoms with Crippen LogP contribution in [0.3, 0.4) is 0 Å². The topological polar surface area (TPSA) is 97.4 Å². The van der Waals surface area contributed by atoms with Crippen LogP contribution in [0.25, 0.3) is 10.7 Å². The summed E-state index contributed by atoms with van der Waals surface area (Å²) in [4.78, 5) is 20.0. The predicted molar refractivity (Wildman–Crippen MR) is 119 cm³/mol. The monoisotopic (exact) mass is 462 g/mol. The molecule has 1 saturated heterocycles. The van der Waals surface area contributed by atoms with Gasteiger partial charge in [-0.05, 0) is 44.9 Å². The van der Waals surface area contributed by atoms with Gasteiger partial charge in [-0.1, -0.05) is 0 Å². The number of sulfonamides is 1. The lowest BCUT2D eigenvalue weighted by molar-refractivity contribution is 0.0796. The summed E-state index contributed by atoms with van der Waals surface area (Å²) < 4.78 is 35.5. The second-order valence-electron chi connectivity index (χ2n) is 7.91. The number of hydrogen-bond donors (Lipinski definition) is 1. The van der Waals surface area contributed by atoms with Gasteiger partial charge in [0, 0.05) is 38.8 Å². The number of nitrogens with zero attached hydrogens (tertiary/aromatic N) is 3. The molecule has 1 N–H and O–H groups in total. The Kier molecular flexibility index (Phi) is 6.05. The van der Waals surface area contributed by atoms with Gasteiger partial charge in [-0.3, -0.25) is 4.79 Å². The van der Waals surface area contributed by atoms with Crippen LogP contribution in [0.15, 0.2) is 40.0 Å². The lowest BCUT2D eigenvalue weighted by atomic mass is 10.2. The Labute approximate surface area is 185 Å². The fourth-order valence-electron chi connectivity index (χ4n) is 3.77. The Morgan fingerprint density at radius 1 is 1.35 bits per heavy atom. The van der Waals surface area contributed by atoms with E-state index in [2.05, 4.69) is 9.71 Å². The zero-order valence-electron chi connectivity index (χ0n) is 17.8. The number of hydrogen-bond acceptors (Lipinski definition) is 6. The lowest BCUT2D eigenvalue weighted by Gasteiger charge is -2.13. The molecule has 4 rings (SSSR count). The molecule has 1 fully saturated rings. The van der Waals surface area contributed by atoms with E-state index in [9.17, 15) is 13.2 Å². The Balaban J connectivity index is 1.54. The molecule has 0 aromatic carbocycles. The quantitative estimate of drug-likeness (QED) is 0.582. The predicted octanol–water partition coefficient (Wildman–Crippen LogP) is 3.20. The van der Waals surface area contributed by atoms with Gasteiger partial charge in [0.2, 0.25) is 10.0 Å². The molecule has 0 saturated carbocycles. The first-order valence-corrected chi connectivity index (χ1v) is 12.5. The van der Waals surface area contributed by atoms with Crippen molar-refractivity contribution in [3.05, 3.63) is 47.0 Å². The maximum absolute atomic E-state index is 12.9. The largest absolute Gasteiger partial charge is 0.469 e. The van der Waals surface area contributed by atoms with Gasteiger partial charge in [0.25, 0.3) is 5.91 Å². The van der Waals surface area contributed by atoms with E-state index in [1.807, 2.05) is 17.9 Å². The summed E-state index contributed by atoms with van der Waals surface area (Å²) >= 11 is 1.31. The van der Waals surface area contributed by atoms with Crippen molar-refractivity contribution in [2.24, 2.45) is 7.05 Å². The minimum absolute atomic E-state index is 0.00854. The minimum atomic E-state index is -3.72. The summed E-state index contributed by atoms with van der Waals surface area (Å²) in [6.07, 6.45) is 5.65. The molecule has 8 nitrogen and oxygen atoms in total. The number of thiazole rings is 1. The third-order valence-corrected chi connectivity index (χ3v) is 8.06. The van der Waals surface area contributed by atoms with Crippen LogP contribution in [-0.4, -0.2) is 47.9 Å². The molecule has 1 amide bonds. The van der Waals surface area contributed by atoms with Crippen molar-refractivity contribution in [2.75, 3.05) is 13.1 Å². The second kappa shape index (κ2) is 8.60. The number of carbonyl (C=O) groups excluding carboxylic acids is 1. The fraction of sp³-hybridized carbons (Fsp3) is 0.429. The van der Waals surface area contributed by atoms with Gasteiger partial charge in [0.15, 0.2) is 0 Å². The number of likely N-dealkylation sites (tertiary alicyclic amines) is 1. The summed E-state index contributed by atoms with van der Waals surface area (Å²) in [6, 6.07) is 4.87. The smallest absolute Gasteiger partial charge is 0.265 e. The Bertz CT molecular complexity index is 1170. The number of carbonyl (C=O) groups is 1. The van der Waals surface area contributed by atoms with Crippen molar-refractivity contribution in [1.29, 1.82) is 0 Å². The number of amides is 1. The van der Waals surface area contributed by atoms with E-state index in [-0.39, 0.29) is 16.8 Å². The summed E-state index contributed by atoms with van der Waals surface area (Å²) in [6.45, 7) is 5.17. The maximum atomic E-state index is 12.9. The molecule has 0 radical (unpaired) electrons. The van der Waals surface area contributed by atoms with E-state index in [1.54, 1.807) is 43.1 Å². The molecule has 166 valence electrons. The standard InChI is InChI=1S/C21H26N4O4S2/c1-14(11-16-7-6-10-29-16)23-31(27,28)17-12-18(24(3)13-17)20-22-15(2)19(30-20)21(26)25-8-4-5-9-25/h6-7,10,12-14,23H,4-5,8-9,11H2,1-3H3/t14-/m1/s1. The molecule has 0 aliphatic carbocycles. The van der Waals surface area contributed by atoms with Gasteiger partial charge in [-0.15, -0.1) is 11.3 Å². The normalized spacial score (nSPS) is 15.5. The summed E-state index contributed by atoms with van der Waals surface area (Å²) in [5.74, 6) is 0.728. The Morgan fingerprint density at radius 2 is 2.10 bits per heavy atom. The minimum Gasteiger partial charge on any atom is -0.469 e. The summed E-state index contributed by atoms with van der Waals surface area (Å²) in [7, 11) is -1.94. The molecule has 0 unspecified atom stereocenters. The molecule has 3 aromatic rings. The summed E-state index contributed by atoms with van der Waals surface area (Å²) in [5.41, 5.74) is 1.33. The van der Waals surface area contributed by atoms with Crippen molar-refractivity contribution in [2.45, 2.75) is 44.0 Å². The van der Waals surface area contributed by atoms with Crippen LogP contribution in [0.1, 0.15) is 40.9 Å². The average Bonchev–Trinajstić information content (AvgIpc) is 3.48. The molecule has 4 heterocycles. The Morgan fingerprint density at radius 3 is 2.77 bits per heavy atom. The van der Waals surface area contributed by atoms with Crippen LogP contribution in [0, 0.1) is 6.92 Å². The van der Waals surface area contributed by atoms with E-state index >= 15 is 0 Å². The van der Waals surface area contributed by atoms with Crippen molar-refractivity contribution >= 4 is 27.3 Å². The van der Waals surface area contributed by atoms with Crippen LogP contribution < -0.4 is 4.72 Å². The highest BCUT2D eigenvalue weighted by Crippen LogP contribution is 2.31. The SMILES string of the molecule is Cc1nc(-c2cc(S(=O)(=O)N[C@H](C)Cc3ccco3)cn2C)sc1C(=O)N1CCCC1. The summed E-state index contributed by atoms with van der Waals surface area (Å²) in [5, 5.41) is 0.632. The van der Waals surface area contributed by atoms with Crippen LogP contribution in [0.5, 0.6) is 0 Å². The van der Waals surface area contributed by atoms with Crippen molar-refractivity contribution in [3.63, 3.8) is 0 Å². The van der Waals surface area contributed by atoms with Crippen molar-refractivity contribution in [3.8, 4) is 10.7 Å². The first kappa shape index (κ1) is 21.8. The van der Waals surface area contributed by atoms with Crippen LogP contribution in [-0.2, 0) is 23.5 Å². The number of rotatable bonds is 7. The molecule has 0 bridgehead atoms. The van der Waals surface area contributed by atoms with Crippen LogP contribution in [0.2, 0.25) is 0 Å². The van der Waals surface area contributed by atoms with Gasteiger partial charge in [-0.2, -0.15) is 0 Å². The third kappa shape index (κ3) is 4.60. The molecule has 31 heavy (non-hydrogen) atoms. The van der Waals surface area contributed by atoms with E-state index < -0.39 is 10.0 Å². The molecular weight excluding hydrogens is 436 g/mol. The lowest BCUT2D eigenvalue weighted by Crippen LogP contribution is -2.33. The highest BCUT2D eigenvalue weighted by molar-refractivity contribution is 7.89. The van der Waals surface area contributed by atoms with Gasteiger partial charge in [0.1, 0.15) is 20.5 Å². The van der Waals surface area contributed by atoms with Crippen LogP contribution >= 0.6 is 11.3 Å². The zero-order valence-corrected chi connectivity index (χ0v) is 19.4.